The Balaban J connectivity index is 1.93. The van der Waals surface area contributed by atoms with Crippen molar-refractivity contribution in [2.45, 2.75) is 31.6 Å². The monoisotopic (exact) mass is 236 g/mol. The van der Waals surface area contributed by atoms with Crippen LogP contribution in [0.25, 0.3) is 0 Å². The van der Waals surface area contributed by atoms with Crippen molar-refractivity contribution in [3.05, 3.63) is 29.8 Å². The summed E-state index contributed by atoms with van der Waals surface area (Å²) in [6.07, 6.45) is 3.16. The predicted molar refractivity (Wildman–Crippen MR) is 66.6 cm³/mol. The highest BCUT2D eigenvalue weighted by Gasteiger charge is 2.15. The Kier molecular flexibility index (Phi) is 4.36. The minimum Gasteiger partial charge on any atom is -0.465 e. The normalized spacial score (nSPS) is 22.1. The summed E-state index contributed by atoms with van der Waals surface area (Å²) in [6, 6.07) is 7.65. The fourth-order valence-electron chi connectivity index (χ4n) is 1.89. The minimum absolute atomic E-state index is 0.0993. The van der Waals surface area contributed by atoms with Gasteiger partial charge in [-0.25, -0.2) is 0 Å². The smallest absolute Gasteiger partial charge is 0.199 e. The summed E-state index contributed by atoms with van der Waals surface area (Å²) in [7, 11) is 0. The molecule has 0 bridgehead atoms. The quantitative estimate of drug-likeness (QED) is 0.832. The second-order valence-corrected chi connectivity index (χ2v) is 4.33. The van der Waals surface area contributed by atoms with Gasteiger partial charge in [-0.15, -0.1) is 0 Å². The average molecular weight is 236 g/mol. The van der Waals surface area contributed by atoms with Crippen molar-refractivity contribution in [1.29, 1.82) is 0 Å². The van der Waals surface area contributed by atoms with E-state index in [1.54, 1.807) is 0 Å². The molecule has 17 heavy (non-hydrogen) atoms. The van der Waals surface area contributed by atoms with E-state index in [1.807, 2.05) is 24.3 Å². The number of nitrogens with two attached hydrogens (primary N) is 2. The molecule has 0 aromatic heterocycles. The molecular weight excluding hydrogens is 216 g/mol. The molecule has 4 nitrogen and oxygen atoms in total. The summed E-state index contributed by atoms with van der Waals surface area (Å²) in [6.45, 7) is 1.24. The standard InChI is InChI=1S/C13H20N2O2/c14-9-12(15)10-4-6-11(7-5-10)17-13-3-1-2-8-16-13/h4-7,12-13H,1-3,8-9,14-15H2/t12-,13?/m0/s1. The molecule has 4 N–H and O–H groups in total. The Morgan fingerprint density at radius 2 is 2.06 bits per heavy atom. The summed E-state index contributed by atoms with van der Waals surface area (Å²) in [5.74, 6) is 0.824. The molecule has 1 aromatic rings. The van der Waals surface area contributed by atoms with Gasteiger partial charge in [0.05, 0.1) is 6.61 Å². The van der Waals surface area contributed by atoms with Gasteiger partial charge in [-0.3, -0.25) is 0 Å². The number of hydrogen-bond acceptors (Lipinski definition) is 4. The van der Waals surface area contributed by atoms with Crippen molar-refractivity contribution in [1.82, 2.24) is 0 Å². The fourth-order valence-corrected chi connectivity index (χ4v) is 1.89. The highest BCUT2D eigenvalue weighted by molar-refractivity contribution is 5.29. The van der Waals surface area contributed by atoms with Gasteiger partial charge in [0.25, 0.3) is 0 Å². The molecule has 1 unspecified atom stereocenters. The van der Waals surface area contributed by atoms with Crippen molar-refractivity contribution in [3.8, 4) is 5.75 Å². The van der Waals surface area contributed by atoms with E-state index in [9.17, 15) is 0 Å². The van der Waals surface area contributed by atoms with Crippen molar-refractivity contribution < 1.29 is 9.47 Å². The van der Waals surface area contributed by atoms with E-state index < -0.39 is 0 Å². The lowest BCUT2D eigenvalue weighted by molar-refractivity contribution is -0.105. The van der Waals surface area contributed by atoms with E-state index in [-0.39, 0.29) is 12.3 Å². The summed E-state index contributed by atoms with van der Waals surface area (Å²) in [4.78, 5) is 0. The van der Waals surface area contributed by atoms with Crippen LogP contribution >= 0.6 is 0 Å². The highest BCUT2D eigenvalue weighted by atomic mass is 16.7. The number of ether oxygens (including phenoxy) is 2. The van der Waals surface area contributed by atoms with Gasteiger partial charge >= 0.3 is 0 Å². The molecular formula is C13H20N2O2. The van der Waals surface area contributed by atoms with Crippen LogP contribution in [0.5, 0.6) is 5.75 Å². The topological polar surface area (TPSA) is 70.5 Å². The maximum atomic E-state index is 5.84. The van der Waals surface area contributed by atoms with Gasteiger partial charge in [-0.05, 0) is 30.5 Å². The first-order valence-electron chi connectivity index (χ1n) is 6.13. The summed E-state index contributed by atoms with van der Waals surface area (Å²) >= 11 is 0. The van der Waals surface area contributed by atoms with Crippen LogP contribution in [0.1, 0.15) is 30.9 Å². The Bertz CT molecular complexity index is 334. The molecule has 1 saturated heterocycles. The van der Waals surface area contributed by atoms with Crippen LogP contribution in [0.4, 0.5) is 0 Å². The van der Waals surface area contributed by atoms with Crippen molar-refractivity contribution >= 4 is 0 Å². The zero-order chi connectivity index (χ0) is 12.1. The second-order valence-electron chi connectivity index (χ2n) is 4.33. The van der Waals surface area contributed by atoms with Crippen molar-refractivity contribution in [2.75, 3.05) is 13.2 Å². The summed E-state index contributed by atoms with van der Waals surface area (Å²) in [5.41, 5.74) is 12.4. The molecule has 2 rings (SSSR count). The first-order valence-corrected chi connectivity index (χ1v) is 6.13. The molecule has 1 aliphatic rings. The molecule has 0 spiro atoms. The molecule has 0 aliphatic carbocycles. The van der Waals surface area contributed by atoms with E-state index in [4.69, 9.17) is 20.9 Å². The van der Waals surface area contributed by atoms with E-state index >= 15 is 0 Å². The molecule has 1 heterocycles. The molecule has 94 valence electrons. The Hall–Kier alpha value is -1.10. The third kappa shape index (κ3) is 3.43. The molecule has 1 fully saturated rings. The van der Waals surface area contributed by atoms with E-state index in [0.717, 1.165) is 30.8 Å². The number of hydrogen-bond donors (Lipinski definition) is 2. The van der Waals surface area contributed by atoms with Crippen LogP contribution in [-0.4, -0.2) is 19.4 Å². The lowest BCUT2D eigenvalue weighted by Crippen LogP contribution is -2.25. The van der Waals surface area contributed by atoms with E-state index in [0.29, 0.717) is 6.54 Å². The van der Waals surface area contributed by atoms with E-state index in [1.165, 1.54) is 6.42 Å². The van der Waals surface area contributed by atoms with Crippen LogP contribution in [0.15, 0.2) is 24.3 Å². The van der Waals surface area contributed by atoms with Crippen LogP contribution < -0.4 is 16.2 Å². The van der Waals surface area contributed by atoms with Gasteiger partial charge in [0.2, 0.25) is 0 Å². The van der Waals surface area contributed by atoms with Gasteiger partial charge in [0, 0.05) is 19.0 Å². The van der Waals surface area contributed by atoms with Crippen LogP contribution in [0, 0.1) is 0 Å². The van der Waals surface area contributed by atoms with Gasteiger partial charge < -0.3 is 20.9 Å². The predicted octanol–water partition coefficient (Wildman–Crippen LogP) is 1.55. The Morgan fingerprint density at radius 3 is 2.65 bits per heavy atom. The SMILES string of the molecule is NC[C@H](N)c1ccc(OC2CCCCO2)cc1. The molecule has 0 saturated carbocycles. The lowest BCUT2D eigenvalue weighted by Gasteiger charge is -2.23. The van der Waals surface area contributed by atoms with Crippen LogP contribution in [0.2, 0.25) is 0 Å². The average Bonchev–Trinajstić information content (AvgIpc) is 2.40. The number of benzene rings is 1. The fraction of sp³-hybridized carbons (Fsp3) is 0.538. The molecule has 4 heteroatoms. The van der Waals surface area contributed by atoms with E-state index in [2.05, 4.69) is 0 Å². The van der Waals surface area contributed by atoms with Gasteiger partial charge in [-0.1, -0.05) is 12.1 Å². The Labute approximate surface area is 102 Å². The minimum atomic E-state index is -0.102. The number of rotatable bonds is 4. The van der Waals surface area contributed by atoms with Gasteiger partial charge in [0.1, 0.15) is 5.75 Å². The first kappa shape index (κ1) is 12.4. The van der Waals surface area contributed by atoms with Crippen molar-refractivity contribution in [2.24, 2.45) is 11.5 Å². The third-order valence-corrected chi connectivity index (χ3v) is 2.97. The maximum Gasteiger partial charge on any atom is 0.199 e. The molecule has 0 radical (unpaired) electrons. The largest absolute Gasteiger partial charge is 0.465 e. The third-order valence-electron chi connectivity index (χ3n) is 2.97. The molecule has 0 amide bonds. The first-order chi connectivity index (χ1) is 8.29. The lowest BCUT2D eigenvalue weighted by atomic mass is 10.1. The molecule has 2 atom stereocenters. The Morgan fingerprint density at radius 1 is 1.29 bits per heavy atom. The van der Waals surface area contributed by atoms with Crippen molar-refractivity contribution in [3.63, 3.8) is 0 Å². The molecule has 1 aliphatic heterocycles. The van der Waals surface area contributed by atoms with Crippen LogP contribution in [-0.2, 0) is 4.74 Å². The van der Waals surface area contributed by atoms with Crippen LogP contribution in [0.3, 0.4) is 0 Å². The highest BCUT2D eigenvalue weighted by Crippen LogP contribution is 2.20. The second kappa shape index (κ2) is 6.00. The summed E-state index contributed by atoms with van der Waals surface area (Å²) < 4.78 is 11.2. The van der Waals surface area contributed by atoms with Gasteiger partial charge in [-0.2, -0.15) is 0 Å². The maximum absolute atomic E-state index is 5.84. The summed E-state index contributed by atoms with van der Waals surface area (Å²) in [5, 5.41) is 0. The zero-order valence-electron chi connectivity index (χ0n) is 9.97. The zero-order valence-corrected chi connectivity index (χ0v) is 9.97. The molecule has 1 aromatic carbocycles. The van der Waals surface area contributed by atoms with Gasteiger partial charge in [0.15, 0.2) is 6.29 Å².